The molecule has 0 radical (unpaired) electrons. The van der Waals surface area contributed by atoms with Crippen molar-refractivity contribution in [1.29, 1.82) is 0 Å². The lowest BCUT2D eigenvalue weighted by Crippen LogP contribution is -2.19. The normalized spacial score (nSPS) is 9.86. The minimum Gasteiger partial charge on any atom is -0.497 e. The quantitative estimate of drug-likeness (QED) is 0.827. The van der Waals surface area contributed by atoms with E-state index in [0.717, 1.165) is 11.4 Å². The molecule has 0 heterocycles. The molecule has 0 aromatic heterocycles. The van der Waals surface area contributed by atoms with Crippen LogP contribution in [0.25, 0.3) is 0 Å². The molecule has 21 heavy (non-hydrogen) atoms. The van der Waals surface area contributed by atoms with Gasteiger partial charge in [0.25, 0.3) is 0 Å². The summed E-state index contributed by atoms with van der Waals surface area (Å²) in [4.78, 5) is 0. The second-order valence-corrected chi connectivity index (χ2v) is 5.00. The first-order valence-electron chi connectivity index (χ1n) is 6.18. The van der Waals surface area contributed by atoms with Gasteiger partial charge in [0, 0.05) is 16.8 Å². The fourth-order valence-corrected chi connectivity index (χ4v) is 2.07. The van der Waals surface area contributed by atoms with E-state index in [1.807, 2.05) is 24.3 Å². The zero-order valence-electron chi connectivity index (χ0n) is 11.6. The predicted octanol–water partition coefficient (Wildman–Crippen LogP) is 4.17. The van der Waals surface area contributed by atoms with Crippen LogP contribution in [0.1, 0.15) is 0 Å². The molecule has 110 valence electrons. The Morgan fingerprint density at radius 2 is 1.71 bits per heavy atom. The molecule has 6 heteroatoms. The van der Waals surface area contributed by atoms with Gasteiger partial charge < -0.3 is 20.1 Å². The molecule has 0 aliphatic carbocycles. The van der Waals surface area contributed by atoms with Gasteiger partial charge in [-0.15, -0.1) is 0 Å². The van der Waals surface area contributed by atoms with Crippen molar-refractivity contribution in [3.8, 4) is 11.5 Å². The third kappa shape index (κ3) is 4.24. The summed E-state index contributed by atoms with van der Waals surface area (Å²) in [6.45, 7) is 0. The Balaban J connectivity index is 2.07. The summed E-state index contributed by atoms with van der Waals surface area (Å²) < 4.78 is 10.5. The average Bonchev–Trinajstić information content (AvgIpc) is 2.50. The van der Waals surface area contributed by atoms with Crippen molar-refractivity contribution in [2.75, 3.05) is 24.9 Å². The molecule has 0 amide bonds. The van der Waals surface area contributed by atoms with Gasteiger partial charge in [-0.3, -0.25) is 0 Å². The van der Waals surface area contributed by atoms with Crippen LogP contribution in [0.5, 0.6) is 11.5 Å². The lowest BCUT2D eigenvalue weighted by molar-refractivity contribution is 0.395. The van der Waals surface area contributed by atoms with Crippen LogP contribution in [-0.4, -0.2) is 19.3 Å². The fourth-order valence-electron chi connectivity index (χ4n) is 1.72. The number of halogens is 1. The molecule has 0 fully saturated rings. The molecule has 0 unspecified atom stereocenters. The number of benzene rings is 2. The Hall–Kier alpha value is -1.98. The van der Waals surface area contributed by atoms with E-state index in [1.54, 1.807) is 32.4 Å². The first-order chi connectivity index (χ1) is 10.1. The maximum atomic E-state index is 5.84. The SMILES string of the molecule is COc1ccc(NC(=S)Nc2ccc(Cl)cc2)c(OC)c1. The Morgan fingerprint density at radius 1 is 1.00 bits per heavy atom. The van der Waals surface area contributed by atoms with Gasteiger partial charge in [0.1, 0.15) is 11.5 Å². The van der Waals surface area contributed by atoms with Gasteiger partial charge in [-0.1, -0.05) is 11.6 Å². The number of hydrogen-bond acceptors (Lipinski definition) is 3. The van der Waals surface area contributed by atoms with Crippen molar-refractivity contribution in [3.63, 3.8) is 0 Å². The van der Waals surface area contributed by atoms with E-state index in [-0.39, 0.29) is 0 Å². The van der Waals surface area contributed by atoms with E-state index in [1.165, 1.54) is 0 Å². The maximum Gasteiger partial charge on any atom is 0.175 e. The van der Waals surface area contributed by atoms with Crippen molar-refractivity contribution < 1.29 is 9.47 Å². The molecule has 2 aromatic rings. The minimum atomic E-state index is 0.459. The van der Waals surface area contributed by atoms with Crippen LogP contribution < -0.4 is 20.1 Å². The highest BCUT2D eigenvalue weighted by molar-refractivity contribution is 7.80. The smallest absolute Gasteiger partial charge is 0.175 e. The molecule has 2 aromatic carbocycles. The lowest BCUT2D eigenvalue weighted by Gasteiger charge is -2.14. The van der Waals surface area contributed by atoms with Crippen molar-refractivity contribution in [2.45, 2.75) is 0 Å². The summed E-state index contributed by atoms with van der Waals surface area (Å²) in [7, 11) is 3.20. The average molecular weight is 323 g/mol. The van der Waals surface area contributed by atoms with Gasteiger partial charge in [0.05, 0.1) is 19.9 Å². The van der Waals surface area contributed by atoms with Crippen molar-refractivity contribution in [2.24, 2.45) is 0 Å². The zero-order chi connectivity index (χ0) is 15.2. The predicted molar refractivity (Wildman–Crippen MR) is 90.8 cm³/mol. The van der Waals surface area contributed by atoms with Crippen LogP contribution in [-0.2, 0) is 0 Å². The number of anilines is 2. The van der Waals surface area contributed by atoms with Crippen LogP contribution in [0.15, 0.2) is 42.5 Å². The monoisotopic (exact) mass is 322 g/mol. The van der Waals surface area contributed by atoms with E-state index in [4.69, 9.17) is 33.3 Å². The second kappa shape index (κ2) is 7.15. The van der Waals surface area contributed by atoms with E-state index in [0.29, 0.717) is 21.6 Å². The first kappa shape index (κ1) is 15.4. The number of nitrogens with one attached hydrogen (secondary N) is 2. The topological polar surface area (TPSA) is 42.5 Å². The lowest BCUT2D eigenvalue weighted by atomic mass is 10.2. The molecule has 0 saturated heterocycles. The Morgan fingerprint density at radius 3 is 2.33 bits per heavy atom. The van der Waals surface area contributed by atoms with Gasteiger partial charge in [-0.05, 0) is 48.6 Å². The zero-order valence-corrected chi connectivity index (χ0v) is 13.2. The summed E-state index contributed by atoms with van der Waals surface area (Å²) in [6.07, 6.45) is 0. The van der Waals surface area contributed by atoms with E-state index >= 15 is 0 Å². The molecule has 0 spiro atoms. The van der Waals surface area contributed by atoms with E-state index in [9.17, 15) is 0 Å². The summed E-state index contributed by atoms with van der Waals surface area (Å²) in [6, 6.07) is 12.7. The highest BCUT2D eigenvalue weighted by Gasteiger charge is 2.07. The highest BCUT2D eigenvalue weighted by atomic mass is 35.5. The van der Waals surface area contributed by atoms with Gasteiger partial charge in [-0.2, -0.15) is 0 Å². The molecule has 0 atom stereocenters. The molecule has 0 aliphatic heterocycles. The van der Waals surface area contributed by atoms with Crippen molar-refractivity contribution >= 4 is 40.3 Å². The molecule has 0 aliphatic rings. The van der Waals surface area contributed by atoms with Crippen LogP contribution in [0, 0.1) is 0 Å². The van der Waals surface area contributed by atoms with E-state index < -0.39 is 0 Å². The number of methoxy groups -OCH3 is 2. The molecular formula is C15H15ClN2O2S. The summed E-state index contributed by atoms with van der Waals surface area (Å²) in [5.41, 5.74) is 1.61. The van der Waals surface area contributed by atoms with Crippen LogP contribution in [0.4, 0.5) is 11.4 Å². The third-order valence-electron chi connectivity index (χ3n) is 2.76. The van der Waals surface area contributed by atoms with Gasteiger partial charge in [0.15, 0.2) is 5.11 Å². The maximum absolute atomic E-state index is 5.84. The first-order valence-corrected chi connectivity index (χ1v) is 6.96. The summed E-state index contributed by atoms with van der Waals surface area (Å²) in [5, 5.41) is 7.29. The van der Waals surface area contributed by atoms with Gasteiger partial charge in [-0.25, -0.2) is 0 Å². The molecule has 2 N–H and O–H groups in total. The molecule has 2 rings (SSSR count). The third-order valence-corrected chi connectivity index (χ3v) is 3.22. The van der Waals surface area contributed by atoms with Gasteiger partial charge in [0.2, 0.25) is 0 Å². The Bertz CT molecular complexity index is 632. The summed E-state index contributed by atoms with van der Waals surface area (Å²) >= 11 is 11.1. The standard InChI is InChI=1S/C15H15ClN2O2S/c1-19-12-7-8-13(14(9-12)20-2)18-15(21)17-11-5-3-10(16)4-6-11/h3-9H,1-2H3,(H2,17,18,21). The van der Waals surface area contributed by atoms with Crippen LogP contribution in [0.2, 0.25) is 5.02 Å². The summed E-state index contributed by atoms with van der Waals surface area (Å²) in [5.74, 6) is 1.36. The number of rotatable bonds is 4. The Labute approximate surface area is 134 Å². The van der Waals surface area contributed by atoms with Crippen molar-refractivity contribution in [3.05, 3.63) is 47.5 Å². The van der Waals surface area contributed by atoms with Crippen LogP contribution >= 0.6 is 23.8 Å². The highest BCUT2D eigenvalue weighted by Crippen LogP contribution is 2.29. The van der Waals surface area contributed by atoms with Gasteiger partial charge >= 0.3 is 0 Å². The number of thiocarbonyl (C=S) groups is 1. The molecule has 0 saturated carbocycles. The van der Waals surface area contributed by atoms with Crippen molar-refractivity contribution in [1.82, 2.24) is 0 Å². The van der Waals surface area contributed by atoms with Crippen LogP contribution in [0.3, 0.4) is 0 Å². The van der Waals surface area contributed by atoms with E-state index in [2.05, 4.69) is 10.6 Å². The molecule has 4 nitrogen and oxygen atoms in total. The minimum absolute atomic E-state index is 0.459. The second-order valence-electron chi connectivity index (χ2n) is 4.15. The Kier molecular flexibility index (Phi) is 5.25. The number of hydrogen-bond donors (Lipinski definition) is 2. The largest absolute Gasteiger partial charge is 0.497 e. The fraction of sp³-hybridized carbons (Fsp3) is 0.133. The number of ether oxygens (including phenoxy) is 2. The molecular weight excluding hydrogens is 308 g/mol. The molecule has 0 bridgehead atoms.